The fourth-order valence-corrected chi connectivity index (χ4v) is 6.83. The summed E-state index contributed by atoms with van der Waals surface area (Å²) in [5, 5.41) is 11.8. The molecule has 0 saturated carbocycles. The lowest BCUT2D eigenvalue weighted by molar-refractivity contribution is 0.0852. The van der Waals surface area contributed by atoms with Crippen LogP contribution < -0.4 is 42.6 Å². The van der Waals surface area contributed by atoms with Crippen LogP contribution in [-0.4, -0.2) is 48.2 Å². The SMILES string of the molecule is CCc1cnc2c(C(N)=O)cccc2c1NC(CN)c1ccc(OC(C)NC(=O)c2cccc3c(NC(CN)c4cccc(OC)c4)c(CC)cnc23)cc1. The highest BCUT2D eigenvalue weighted by Gasteiger charge is 2.21. The predicted octanol–water partition coefficient (Wildman–Crippen LogP) is 6.39. The van der Waals surface area contributed by atoms with Crippen LogP contribution in [0.3, 0.4) is 0 Å². The minimum atomic E-state index is -0.658. The number of primary amides is 1. The maximum absolute atomic E-state index is 13.7. The summed E-state index contributed by atoms with van der Waals surface area (Å²) in [7, 11) is 1.64. The molecule has 2 amide bonds. The summed E-state index contributed by atoms with van der Waals surface area (Å²) in [6.07, 6.45) is 4.38. The number of carbonyl (C=O) groups excluding carboxylic acids is 2. The Morgan fingerprint density at radius 2 is 1.25 bits per heavy atom. The average molecular weight is 741 g/mol. The summed E-state index contributed by atoms with van der Waals surface area (Å²) in [5.41, 5.74) is 25.7. The molecule has 9 N–H and O–H groups in total. The van der Waals surface area contributed by atoms with Crippen molar-refractivity contribution in [1.29, 1.82) is 0 Å². The van der Waals surface area contributed by atoms with E-state index in [9.17, 15) is 9.59 Å². The van der Waals surface area contributed by atoms with Gasteiger partial charge in [0.25, 0.3) is 11.8 Å². The van der Waals surface area contributed by atoms with Crippen LogP contribution in [0.2, 0.25) is 0 Å². The van der Waals surface area contributed by atoms with Crippen molar-refractivity contribution in [3.63, 3.8) is 0 Å². The first kappa shape index (κ1) is 38.5. The molecule has 0 aliphatic rings. The number of hydrogen-bond acceptors (Lipinski definition) is 10. The molecule has 2 aromatic heterocycles. The van der Waals surface area contributed by atoms with Crippen LogP contribution in [-0.2, 0) is 12.8 Å². The van der Waals surface area contributed by atoms with Gasteiger partial charge >= 0.3 is 0 Å². The minimum Gasteiger partial charge on any atom is -0.497 e. The molecule has 0 radical (unpaired) electrons. The van der Waals surface area contributed by atoms with Gasteiger partial charge in [-0.3, -0.25) is 19.6 Å². The number of hydrogen-bond donors (Lipinski definition) is 6. The van der Waals surface area contributed by atoms with Crippen LogP contribution in [0, 0.1) is 0 Å². The highest BCUT2D eigenvalue weighted by Crippen LogP contribution is 2.34. The number of rotatable bonds is 16. The summed E-state index contributed by atoms with van der Waals surface area (Å²) in [5.74, 6) is 0.470. The lowest BCUT2D eigenvalue weighted by Crippen LogP contribution is -2.36. The van der Waals surface area contributed by atoms with Crippen LogP contribution >= 0.6 is 0 Å². The van der Waals surface area contributed by atoms with E-state index in [0.29, 0.717) is 41.0 Å². The van der Waals surface area contributed by atoms with Gasteiger partial charge in [0.1, 0.15) is 11.5 Å². The van der Waals surface area contributed by atoms with Gasteiger partial charge in [0.2, 0.25) is 0 Å². The number of amides is 2. The van der Waals surface area contributed by atoms with Gasteiger partial charge < -0.3 is 42.6 Å². The number of nitrogens with two attached hydrogens (primary N) is 3. The number of benzene rings is 4. The van der Waals surface area contributed by atoms with E-state index < -0.39 is 12.1 Å². The molecule has 0 bridgehead atoms. The number of para-hydroxylation sites is 2. The van der Waals surface area contributed by atoms with Crippen LogP contribution in [0.1, 0.15) is 75.8 Å². The molecule has 6 aromatic rings. The molecule has 0 aliphatic heterocycles. The fraction of sp³-hybridized carbons (Fsp3) is 0.256. The highest BCUT2D eigenvalue weighted by molar-refractivity contribution is 6.09. The van der Waals surface area contributed by atoms with Crippen molar-refractivity contribution in [2.45, 2.75) is 51.9 Å². The summed E-state index contributed by atoms with van der Waals surface area (Å²) >= 11 is 0. The summed E-state index contributed by atoms with van der Waals surface area (Å²) in [6, 6.07) is 25.9. The lowest BCUT2D eigenvalue weighted by Gasteiger charge is -2.23. The van der Waals surface area contributed by atoms with E-state index in [0.717, 1.165) is 63.0 Å². The number of ether oxygens (including phenoxy) is 2. The van der Waals surface area contributed by atoms with E-state index in [2.05, 4.69) is 27.9 Å². The summed E-state index contributed by atoms with van der Waals surface area (Å²) in [4.78, 5) is 35.1. The van der Waals surface area contributed by atoms with Gasteiger partial charge in [-0.15, -0.1) is 0 Å². The third-order valence-corrected chi connectivity index (χ3v) is 9.76. The zero-order valence-corrected chi connectivity index (χ0v) is 31.6. The largest absolute Gasteiger partial charge is 0.497 e. The van der Waals surface area contributed by atoms with Crippen molar-refractivity contribution in [3.8, 4) is 11.5 Å². The van der Waals surface area contributed by atoms with Crippen LogP contribution in [0.5, 0.6) is 11.5 Å². The Labute approximate surface area is 320 Å². The molecule has 3 atom stereocenters. The van der Waals surface area contributed by atoms with Gasteiger partial charge in [0, 0.05) is 47.6 Å². The standard InChI is InChI=1S/C43H48N8O4/c1-5-26-23-47-40-32(12-8-14-34(40)42(46)52)38(26)50-36(21-44)28-16-18-30(19-17-28)55-25(3)49-43(53)35-15-9-13-33-39(27(6-2)24-48-41(33)35)51-37(22-45)29-10-7-11-31(20-29)54-4/h7-20,23-25,36-37H,5-6,21-22,44-45H2,1-4H3,(H2,46,52)(H,47,50)(H,48,51)(H,49,53). The Morgan fingerprint density at radius 3 is 1.80 bits per heavy atom. The Bertz CT molecular complexity index is 2310. The Hall–Kier alpha value is -6.24. The lowest BCUT2D eigenvalue weighted by atomic mass is 10.0. The van der Waals surface area contributed by atoms with E-state index in [1.807, 2.05) is 79.9 Å². The third kappa shape index (κ3) is 8.30. The first-order chi connectivity index (χ1) is 26.7. The minimum absolute atomic E-state index is 0.194. The molecular formula is C43H48N8O4. The molecule has 0 spiro atoms. The molecule has 284 valence electrons. The first-order valence-corrected chi connectivity index (χ1v) is 18.4. The maximum Gasteiger partial charge on any atom is 0.256 e. The molecule has 2 heterocycles. The monoisotopic (exact) mass is 740 g/mol. The van der Waals surface area contributed by atoms with Crippen molar-refractivity contribution < 1.29 is 19.1 Å². The van der Waals surface area contributed by atoms with Gasteiger partial charge in [0.05, 0.1) is 41.4 Å². The quantitative estimate of drug-likeness (QED) is 0.0606. The first-order valence-electron chi connectivity index (χ1n) is 18.4. The van der Waals surface area contributed by atoms with Crippen molar-refractivity contribution in [1.82, 2.24) is 15.3 Å². The molecule has 4 aromatic carbocycles. The Balaban J connectivity index is 1.17. The van der Waals surface area contributed by atoms with E-state index in [-0.39, 0.29) is 18.0 Å². The molecule has 0 fully saturated rings. The maximum atomic E-state index is 13.7. The number of anilines is 2. The molecule has 12 nitrogen and oxygen atoms in total. The average Bonchev–Trinajstić information content (AvgIpc) is 3.21. The van der Waals surface area contributed by atoms with Crippen LogP contribution in [0.25, 0.3) is 21.8 Å². The number of aryl methyl sites for hydroxylation is 2. The zero-order valence-electron chi connectivity index (χ0n) is 31.6. The summed E-state index contributed by atoms with van der Waals surface area (Å²) < 4.78 is 11.6. The second-order valence-electron chi connectivity index (χ2n) is 13.2. The highest BCUT2D eigenvalue weighted by atomic mass is 16.5. The second-order valence-corrected chi connectivity index (χ2v) is 13.2. The fourth-order valence-electron chi connectivity index (χ4n) is 6.83. The molecular weight excluding hydrogens is 693 g/mol. The van der Waals surface area contributed by atoms with E-state index in [1.165, 1.54) is 0 Å². The van der Waals surface area contributed by atoms with Gasteiger partial charge in [-0.25, -0.2) is 0 Å². The second kappa shape index (κ2) is 17.3. The predicted molar refractivity (Wildman–Crippen MR) is 219 cm³/mol. The van der Waals surface area contributed by atoms with Crippen LogP contribution in [0.15, 0.2) is 97.3 Å². The van der Waals surface area contributed by atoms with E-state index in [1.54, 1.807) is 38.4 Å². The number of carbonyl (C=O) groups is 2. The molecule has 3 unspecified atom stereocenters. The normalized spacial score (nSPS) is 12.8. The van der Waals surface area contributed by atoms with Crippen molar-refractivity contribution in [2.75, 3.05) is 30.8 Å². The number of nitrogens with zero attached hydrogens (tertiary/aromatic N) is 2. The molecule has 55 heavy (non-hydrogen) atoms. The number of nitrogens with one attached hydrogen (secondary N) is 3. The molecule has 12 heteroatoms. The number of pyridine rings is 2. The third-order valence-electron chi connectivity index (χ3n) is 9.76. The van der Waals surface area contributed by atoms with Gasteiger partial charge in [-0.05, 0) is 78.4 Å². The van der Waals surface area contributed by atoms with Crippen molar-refractivity contribution >= 4 is 45.0 Å². The Kier molecular flexibility index (Phi) is 12.1. The Morgan fingerprint density at radius 1 is 0.709 bits per heavy atom. The molecule has 0 aliphatic carbocycles. The van der Waals surface area contributed by atoms with Gasteiger partial charge in [0.15, 0.2) is 6.23 Å². The number of aromatic nitrogens is 2. The van der Waals surface area contributed by atoms with Crippen molar-refractivity contribution in [3.05, 3.63) is 131 Å². The molecule has 0 saturated heterocycles. The number of fused-ring (bicyclic) bond motifs is 2. The summed E-state index contributed by atoms with van der Waals surface area (Å²) in [6.45, 7) is 6.54. The van der Waals surface area contributed by atoms with E-state index in [4.69, 9.17) is 31.7 Å². The van der Waals surface area contributed by atoms with Crippen LogP contribution in [0.4, 0.5) is 11.4 Å². The van der Waals surface area contributed by atoms with Crippen molar-refractivity contribution in [2.24, 2.45) is 17.2 Å². The van der Waals surface area contributed by atoms with E-state index >= 15 is 0 Å². The zero-order chi connectivity index (χ0) is 39.1. The topological polar surface area (TPSA) is 193 Å². The molecule has 6 rings (SSSR count). The van der Waals surface area contributed by atoms with Gasteiger partial charge in [-0.1, -0.05) is 62.4 Å². The smallest absolute Gasteiger partial charge is 0.256 e. The number of methoxy groups -OCH3 is 1. The van der Waals surface area contributed by atoms with Gasteiger partial charge in [-0.2, -0.15) is 0 Å².